The average Bonchev–Trinajstić information content (AvgIpc) is 3.16. The Bertz CT molecular complexity index is 1050. The van der Waals surface area contributed by atoms with E-state index in [1.165, 1.54) is 5.56 Å². The van der Waals surface area contributed by atoms with Crippen LogP contribution >= 0.6 is 0 Å². The molecule has 132 valence electrons. The van der Waals surface area contributed by atoms with E-state index in [0.717, 1.165) is 11.3 Å². The normalized spacial score (nSPS) is 10.6. The molecule has 2 aromatic heterocycles. The van der Waals surface area contributed by atoms with Crippen molar-refractivity contribution in [1.82, 2.24) is 14.8 Å². The van der Waals surface area contributed by atoms with Gasteiger partial charge in [0.05, 0.1) is 11.3 Å². The smallest absolute Gasteiger partial charge is 0.260 e. The third-order valence-corrected chi connectivity index (χ3v) is 4.21. The number of aromatic nitrogens is 3. The minimum Gasteiger partial charge on any atom is -0.306 e. The molecule has 0 aliphatic rings. The number of nitrogens with zero attached hydrogens (tertiary/aromatic N) is 3. The highest BCUT2D eigenvalue weighted by molar-refractivity contribution is 6.07. The maximum Gasteiger partial charge on any atom is 0.260 e. The summed E-state index contributed by atoms with van der Waals surface area (Å²) < 4.78 is 1.73. The summed E-state index contributed by atoms with van der Waals surface area (Å²) in [6.45, 7) is 2.04. The Kier molecular flexibility index (Phi) is 4.49. The van der Waals surface area contributed by atoms with Crippen molar-refractivity contribution >= 4 is 11.7 Å². The van der Waals surface area contributed by atoms with Crippen molar-refractivity contribution in [2.75, 3.05) is 5.32 Å². The van der Waals surface area contributed by atoms with Crippen molar-refractivity contribution in [3.8, 4) is 16.9 Å². The summed E-state index contributed by atoms with van der Waals surface area (Å²) >= 11 is 0. The van der Waals surface area contributed by atoms with Crippen LogP contribution in [-0.4, -0.2) is 20.7 Å². The van der Waals surface area contributed by atoms with E-state index in [1.807, 2.05) is 67.6 Å². The van der Waals surface area contributed by atoms with Crippen molar-refractivity contribution in [3.63, 3.8) is 0 Å². The second kappa shape index (κ2) is 7.25. The number of anilines is 1. The van der Waals surface area contributed by atoms with Crippen LogP contribution in [0.2, 0.25) is 0 Å². The lowest BCUT2D eigenvalue weighted by molar-refractivity contribution is 0.102. The summed E-state index contributed by atoms with van der Waals surface area (Å²) in [6.07, 6.45) is 3.40. The van der Waals surface area contributed by atoms with Crippen LogP contribution in [0.25, 0.3) is 16.9 Å². The molecule has 0 radical (unpaired) electrons. The lowest BCUT2D eigenvalue weighted by atomic mass is 10.1. The van der Waals surface area contributed by atoms with Gasteiger partial charge in [0.2, 0.25) is 0 Å². The molecule has 0 spiro atoms. The van der Waals surface area contributed by atoms with Crippen LogP contribution in [-0.2, 0) is 0 Å². The van der Waals surface area contributed by atoms with E-state index >= 15 is 0 Å². The fourth-order valence-electron chi connectivity index (χ4n) is 2.80. The van der Waals surface area contributed by atoms with Crippen LogP contribution in [0, 0.1) is 6.92 Å². The molecule has 0 unspecified atom stereocenters. The van der Waals surface area contributed by atoms with Crippen LogP contribution in [0.1, 0.15) is 15.9 Å². The van der Waals surface area contributed by atoms with E-state index in [4.69, 9.17) is 0 Å². The van der Waals surface area contributed by atoms with Gasteiger partial charge < -0.3 is 5.32 Å². The molecule has 0 saturated carbocycles. The Morgan fingerprint density at radius 1 is 0.926 bits per heavy atom. The first kappa shape index (κ1) is 16.7. The standard InChI is InChI=1S/C22H18N4O/c1-16-10-12-18(13-11-16)26-15-19(21(25-26)17-7-3-2-4-8-17)22(27)24-20-9-5-6-14-23-20/h2-15H,1H3,(H,23,24,27). The Morgan fingerprint density at radius 2 is 1.67 bits per heavy atom. The molecular weight excluding hydrogens is 336 g/mol. The van der Waals surface area contributed by atoms with Crippen molar-refractivity contribution < 1.29 is 4.79 Å². The van der Waals surface area contributed by atoms with Gasteiger partial charge in [-0.2, -0.15) is 5.10 Å². The third-order valence-electron chi connectivity index (χ3n) is 4.21. The predicted octanol–water partition coefficient (Wildman–Crippen LogP) is 4.50. The SMILES string of the molecule is Cc1ccc(-n2cc(C(=O)Nc3ccccn3)c(-c3ccccc3)n2)cc1. The largest absolute Gasteiger partial charge is 0.306 e. The van der Waals surface area contributed by atoms with Gasteiger partial charge in [0, 0.05) is 18.0 Å². The molecule has 4 aromatic rings. The van der Waals surface area contributed by atoms with E-state index in [9.17, 15) is 4.79 Å². The molecule has 1 N–H and O–H groups in total. The lowest BCUT2D eigenvalue weighted by Crippen LogP contribution is -2.13. The van der Waals surface area contributed by atoms with Gasteiger partial charge in [0.25, 0.3) is 5.91 Å². The highest BCUT2D eigenvalue weighted by Crippen LogP contribution is 2.24. The molecule has 0 fully saturated rings. The first-order valence-corrected chi connectivity index (χ1v) is 8.65. The molecule has 0 saturated heterocycles. The van der Waals surface area contributed by atoms with Gasteiger partial charge >= 0.3 is 0 Å². The van der Waals surface area contributed by atoms with Gasteiger partial charge in [-0.1, -0.05) is 54.1 Å². The molecule has 5 nitrogen and oxygen atoms in total. The predicted molar refractivity (Wildman–Crippen MR) is 106 cm³/mol. The number of rotatable bonds is 4. The summed E-state index contributed by atoms with van der Waals surface area (Å²) in [6, 6.07) is 23.1. The Hall–Kier alpha value is -3.73. The molecule has 0 bridgehead atoms. The monoisotopic (exact) mass is 354 g/mol. The summed E-state index contributed by atoms with van der Waals surface area (Å²) in [5.74, 6) is 0.260. The van der Waals surface area contributed by atoms with Gasteiger partial charge in [-0.25, -0.2) is 9.67 Å². The molecule has 2 heterocycles. The van der Waals surface area contributed by atoms with Gasteiger partial charge in [0.1, 0.15) is 11.5 Å². The van der Waals surface area contributed by atoms with Crippen molar-refractivity contribution in [3.05, 3.63) is 96.3 Å². The second-order valence-corrected chi connectivity index (χ2v) is 6.21. The summed E-state index contributed by atoms with van der Waals surface area (Å²) in [5.41, 5.74) is 4.07. The number of carbonyl (C=O) groups is 1. The van der Waals surface area contributed by atoms with Crippen molar-refractivity contribution in [2.24, 2.45) is 0 Å². The number of hydrogen-bond donors (Lipinski definition) is 1. The van der Waals surface area contributed by atoms with E-state index in [-0.39, 0.29) is 5.91 Å². The number of carbonyl (C=O) groups excluding carboxylic acids is 1. The Labute approximate surface area is 157 Å². The van der Waals surface area contributed by atoms with Crippen LogP contribution in [0.15, 0.2) is 85.2 Å². The zero-order valence-corrected chi connectivity index (χ0v) is 14.8. The minimum atomic E-state index is -0.245. The summed E-state index contributed by atoms with van der Waals surface area (Å²) in [7, 11) is 0. The first-order valence-electron chi connectivity index (χ1n) is 8.65. The Balaban J connectivity index is 1.76. The van der Waals surface area contributed by atoms with E-state index in [2.05, 4.69) is 15.4 Å². The van der Waals surface area contributed by atoms with Gasteiger partial charge in [-0.3, -0.25) is 4.79 Å². The average molecular weight is 354 g/mol. The number of hydrogen-bond acceptors (Lipinski definition) is 3. The molecule has 27 heavy (non-hydrogen) atoms. The second-order valence-electron chi connectivity index (χ2n) is 6.21. The van der Waals surface area contributed by atoms with Crippen molar-refractivity contribution in [2.45, 2.75) is 6.92 Å². The quantitative estimate of drug-likeness (QED) is 0.587. The van der Waals surface area contributed by atoms with Crippen LogP contribution in [0.5, 0.6) is 0 Å². The molecule has 0 aliphatic carbocycles. The van der Waals surface area contributed by atoms with E-state index in [0.29, 0.717) is 17.1 Å². The minimum absolute atomic E-state index is 0.245. The molecule has 0 atom stereocenters. The molecule has 5 heteroatoms. The zero-order valence-electron chi connectivity index (χ0n) is 14.8. The summed E-state index contributed by atoms with van der Waals surface area (Å²) in [5, 5.41) is 7.52. The summed E-state index contributed by atoms with van der Waals surface area (Å²) in [4.78, 5) is 17.1. The third kappa shape index (κ3) is 3.62. The molecule has 1 amide bonds. The highest BCUT2D eigenvalue weighted by Gasteiger charge is 2.19. The topological polar surface area (TPSA) is 59.8 Å². The molecule has 4 rings (SSSR count). The van der Waals surface area contributed by atoms with E-state index < -0.39 is 0 Å². The number of benzene rings is 2. The molecule has 2 aromatic carbocycles. The van der Waals surface area contributed by atoms with Gasteiger partial charge in [-0.05, 0) is 31.2 Å². The van der Waals surface area contributed by atoms with Crippen molar-refractivity contribution in [1.29, 1.82) is 0 Å². The first-order chi connectivity index (χ1) is 13.2. The fraction of sp³-hybridized carbons (Fsp3) is 0.0455. The van der Waals surface area contributed by atoms with Crippen LogP contribution in [0.4, 0.5) is 5.82 Å². The lowest BCUT2D eigenvalue weighted by Gasteiger charge is -2.04. The van der Waals surface area contributed by atoms with Crippen LogP contribution in [0.3, 0.4) is 0 Å². The van der Waals surface area contributed by atoms with Gasteiger partial charge in [-0.15, -0.1) is 0 Å². The number of pyridine rings is 1. The maximum absolute atomic E-state index is 12.9. The molecule has 0 aliphatic heterocycles. The number of aryl methyl sites for hydroxylation is 1. The number of nitrogens with one attached hydrogen (secondary N) is 1. The zero-order chi connectivity index (χ0) is 18.6. The van der Waals surface area contributed by atoms with Crippen LogP contribution < -0.4 is 5.32 Å². The number of amides is 1. The Morgan fingerprint density at radius 3 is 2.37 bits per heavy atom. The van der Waals surface area contributed by atoms with E-state index in [1.54, 1.807) is 29.2 Å². The maximum atomic E-state index is 12.9. The fourth-order valence-corrected chi connectivity index (χ4v) is 2.80. The molecular formula is C22H18N4O. The van der Waals surface area contributed by atoms with Gasteiger partial charge in [0.15, 0.2) is 0 Å². The highest BCUT2D eigenvalue weighted by atomic mass is 16.1.